The first kappa shape index (κ1) is 19.1. The van der Waals surface area contributed by atoms with Crippen LogP contribution in [-0.2, 0) is 23.9 Å². The van der Waals surface area contributed by atoms with E-state index in [-0.39, 0.29) is 65.2 Å². The van der Waals surface area contributed by atoms with E-state index >= 15 is 4.39 Å². The summed E-state index contributed by atoms with van der Waals surface area (Å²) in [5.41, 5.74) is -1.35. The van der Waals surface area contributed by atoms with Crippen molar-refractivity contribution >= 4 is 17.5 Å². The molecule has 0 bridgehead atoms. The Hall–Kier alpha value is -1.56. The molecule has 0 aromatic rings. The number of ketones is 2. The smallest absolute Gasteiger partial charge is 0.303 e. The zero-order chi connectivity index (χ0) is 21.4. The number of alkyl halides is 1. The Kier molecular flexibility index (Phi) is 3.47. The first-order valence-electron chi connectivity index (χ1n) is 11.3. The molecule has 0 unspecified atom stereocenters. The van der Waals surface area contributed by atoms with Crippen LogP contribution in [0.15, 0.2) is 11.6 Å². The molecule has 0 aromatic heterocycles. The van der Waals surface area contributed by atoms with Crippen LogP contribution in [-0.4, -0.2) is 41.5 Å². The maximum atomic E-state index is 16.2. The molecule has 6 rings (SSSR count). The summed E-state index contributed by atoms with van der Waals surface area (Å²) >= 11 is 0. The molecule has 0 spiro atoms. The molecule has 6 aliphatic rings. The van der Waals surface area contributed by atoms with Gasteiger partial charge in [-0.15, -0.1) is 0 Å². The fraction of sp³-hybridized carbons (Fsp3) is 0.792. The van der Waals surface area contributed by atoms with E-state index in [2.05, 4.69) is 6.92 Å². The van der Waals surface area contributed by atoms with Crippen molar-refractivity contribution in [1.82, 2.24) is 0 Å². The summed E-state index contributed by atoms with van der Waals surface area (Å²) < 4.78 is 28.1. The summed E-state index contributed by atoms with van der Waals surface area (Å²) in [4.78, 5) is 37.2. The molecule has 6 heteroatoms. The second kappa shape index (κ2) is 5.43. The minimum absolute atomic E-state index is 0.0165. The molecule has 162 valence electrons. The van der Waals surface area contributed by atoms with Gasteiger partial charge in [-0.3, -0.25) is 14.4 Å². The first-order chi connectivity index (χ1) is 14.1. The van der Waals surface area contributed by atoms with Crippen molar-refractivity contribution in [3.8, 4) is 0 Å². The van der Waals surface area contributed by atoms with E-state index in [1.165, 1.54) is 13.8 Å². The maximum Gasteiger partial charge on any atom is 0.303 e. The number of epoxide rings is 1. The summed E-state index contributed by atoms with van der Waals surface area (Å²) in [6, 6.07) is 0. The minimum atomic E-state index is -1.26. The third kappa shape index (κ3) is 1.96. The van der Waals surface area contributed by atoms with Gasteiger partial charge in [-0.1, -0.05) is 13.8 Å². The standard InChI is InChI=1S/C24H29FO5/c1-10(26)24(30-11(2)27)6-5-13-18-19(16(25)9-22(13,24)3)23(4)14-7-12(14)17(28)8-15(23)20-21(18)29-20/h8,12-14,16,18-21H,5-7,9H2,1-4H3/t12-,13+,14+,16+,18+,19+,20-,21+,22+,23+,24+/m1/s1. The van der Waals surface area contributed by atoms with Gasteiger partial charge in [0.15, 0.2) is 17.2 Å². The van der Waals surface area contributed by atoms with Crippen molar-refractivity contribution in [2.24, 2.45) is 40.4 Å². The van der Waals surface area contributed by atoms with Gasteiger partial charge in [-0.25, -0.2) is 4.39 Å². The molecule has 0 radical (unpaired) electrons. The van der Waals surface area contributed by atoms with Gasteiger partial charge >= 0.3 is 5.97 Å². The van der Waals surface area contributed by atoms with Crippen LogP contribution in [0.5, 0.6) is 0 Å². The van der Waals surface area contributed by atoms with E-state index in [0.717, 1.165) is 18.4 Å². The predicted octanol–water partition coefficient (Wildman–Crippen LogP) is 3.20. The Labute approximate surface area is 175 Å². The molecular weight excluding hydrogens is 387 g/mol. The third-order valence-corrected chi connectivity index (χ3v) is 10.1. The van der Waals surface area contributed by atoms with E-state index in [1.54, 1.807) is 6.08 Å². The molecule has 5 nitrogen and oxygen atoms in total. The van der Waals surface area contributed by atoms with Crippen molar-refractivity contribution in [2.75, 3.05) is 0 Å². The highest BCUT2D eigenvalue weighted by Gasteiger charge is 2.78. The maximum absolute atomic E-state index is 16.2. The summed E-state index contributed by atoms with van der Waals surface area (Å²) in [5, 5.41) is 0. The molecule has 11 atom stereocenters. The monoisotopic (exact) mass is 416 g/mol. The summed E-state index contributed by atoms with van der Waals surface area (Å²) in [7, 11) is 0. The highest BCUT2D eigenvalue weighted by Crippen LogP contribution is 2.75. The van der Waals surface area contributed by atoms with Gasteiger partial charge in [-0.2, -0.15) is 0 Å². The summed E-state index contributed by atoms with van der Waals surface area (Å²) in [6.07, 6.45) is 2.66. The van der Waals surface area contributed by atoms with Crippen LogP contribution in [0.1, 0.15) is 53.4 Å². The average Bonchev–Trinajstić information content (AvgIpc) is 3.54. The topological polar surface area (TPSA) is 73.0 Å². The highest BCUT2D eigenvalue weighted by atomic mass is 19.1. The van der Waals surface area contributed by atoms with Gasteiger partial charge in [0.05, 0.1) is 6.10 Å². The normalized spacial score (nSPS) is 57.1. The van der Waals surface area contributed by atoms with Gasteiger partial charge in [0.2, 0.25) is 0 Å². The van der Waals surface area contributed by atoms with Crippen LogP contribution in [0.25, 0.3) is 0 Å². The highest BCUT2D eigenvalue weighted by molar-refractivity contribution is 5.96. The van der Waals surface area contributed by atoms with E-state index in [0.29, 0.717) is 6.42 Å². The number of halogens is 1. The zero-order valence-corrected chi connectivity index (χ0v) is 17.9. The lowest BCUT2D eigenvalue weighted by Crippen LogP contribution is -2.63. The van der Waals surface area contributed by atoms with Gasteiger partial charge < -0.3 is 9.47 Å². The van der Waals surface area contributed by atoms with Crippen LogP contribution in [0, 0.1) is 40.4 Å². The summed E-state index contributed by atoms with van der Waals surface area (Å²) in [5.74, 6) is -0.421. The van der Waals surface area contributed by atoms with Crippen LogP contribution in [0.4, 0.5) is 4.39 Å². The van der Waals surface area contributed by atoms with Gasteiger partial charge in [-0.05, 0) is 62.0 Å². The van der Waals surface area contributed by atoms with Crippen molar-refractivity contribution in [3.05, 3.63) is 11.6 Å². The Morgan fingerprint density at radius 3 is 2.63 bits per heavy atom. The van der Waals surface area contributed by atoms with E-state index in [4.69, 9.17) is 9.47 Å². The van der Waals surface area contributed by atoms with Crippen molar-refractivity contribution < 1.29 is 28.2 Å². The number of carbonyl (C=O) groups is 3. The molecule has 1 heterocycles. The van der Waals surface area contributed by atoms with E-state index < -0.39 is 23.2 Å². The van der Waals surface area contributed by atoms with E-state index in [9.17, 15) is 14.4 Å². The van der Waals surface area contributed by atoms with Crippen LogP contribution in [0.3, 0.4) is 0 Å². The van der Waals surface area contributed by atoms with E-state index in [1.807, 2.05) is 6.92 Å². The number of hydrogen-bond donors (Lipinski definition) is 0. The molecule has 0 N–H and O–H groups in total. The predicted molar refractivity (Wildman–Crippen MR) is 104 cm³/mol. The van der Waals surface area contributed by atoms with Gasteiger partial charge in [0.25, 0.3) is 0 Å². The summed E-state index contributed by atoms with van der Waals surface area (Å²) in [6.45, 7) is 6.90. The Morgan fingerprint density at radius 2 is 1.97 bits per heavy atom. The van der Waals surface area contributed by atoms with Crippen LogP contribution < -0.4 is 0 Å². The van der Waals surface area contributed by atoms with Crippen molar-refractivity contribution in [1.29, 1.82) is 0 Å². The lowest BCUT2D eigenvalue weighted by atomic mass is 9.45. The number of rotatable bonds is 2. The van der Waals surface area contributed by atoms with Crippen LogP contribution >= 0.6 is 0 Å². The van der Waals surface area contributed by atoms with Crippen LogP contribution in [0.2, 0.25) is 0 Å². The molecule has 4 saturated carbocycles. The lowest BCUT2D eigenvalue weighted by Gasteiger charge is -2.59. The second-order valence-electron chi connectivity index (χ2n) is 11.1. The Morgan fingerprint density at radius 1 is 1.23 bits per heavy atom. The molecule has 5 aliphatic carbocycles. The molecule has 0 aromatic carbocycles. The minimum Gasteiger partial charge on any atom is -0.451 e. The van der Waals surface area contributed by atoms with Gasteiger partial charge in [0.1, 0.15) is 12.3 Å². The number of ether oxygens (including phenoxy) is 2. The van der Waals surface area contributed by atoms with Gasteiger partial charge in [0, 0.05) is 29.6 Å². The number of hydrogen-bond acceptors (Lipinski definition) is 5. The number of fused-ring (bicyclic) bond motifs is 10. The Balaban J connectivity index is 1.46. The fourth-order valence-electron chi connectivity index (χ4n) is 8.79. The molecular formula is C24H29FO5. The molecule has 30 heavy (non-hydrogen) atoms. The zero-order valence-electron chi connectivity index (χ0n) is 17.9. The molecule has 5 fully saturated rings. The lowest BCUT2D eigenvalue weighted by molar-refractivity contribution is -0.193. The quantitative estimate of drug-likeness (QED) is 0.511. The molecule has 1 aliphatic heterocycles. The Bertz CT molecular complexity index is 927. The number of esters is 1. The third-order valence-electron chi connectivity index (χ3n) is 10.1. The number of carbonyl (C=O) groups excluding carboxylic acids is 3. The SMILES string of the molecule is CC(=O)O[C@]1(C(C)=O)CC[C@H]2[C@@H]3[C@@H]4O[C@@H]4C4=CC(=O)[C@@H]5C[C@@H]5[C@]4(C)[C@H]3[C@@H](F)C[C@@]21C. The molecule has 0 amide bonds. The second-order valence-corrected chi connectivity index (χ2v) is 11.1. The number of Topliss-reactive ketones (excluding diaryl/α,β-unsaturated/α-hetero) is 1. The van der Waals surface area contributed by atoms with Crippen molar-refractivity contribution in [2.45, 2.75) is 77.4 Å². The first-order valence-corrected chi connectivity index (χ1v) is 11.3. The average molecular weight is 416 g/mol. The fourth-order valence-corrected chi connectivity index (χ4v) is 8.79. The largest absolute Gasteiger partial charge is 0.451 e. The van der Waals surface area contributed by atoms with Crippen molar-refractivity contribution in [3.63, 3.8) is 0 Å². The molecule has 1 saturated heterocycles.